The zero-order valence-electron chi connectivity index (χ0n) is 13.0. The predicted octanol–water partition coefficient (Wildman–Crippen LogP) is 3.22. The molecule has 0 saturated heterocycles. The molecule has 0 N–H and O–H groups in total. The van der Waals surface area contributed by atoms with E-state index in [4.69, 9.17) is 4.43 Å². The lowest BCUT2D eigenvalue weighted by Crippen LogP contribution is -2.51. The Morgan fingerprint density at radius 3 is 1.81 bits per heavy atom. The maximum absolute atomic E-state index is 9.56. The average Bonchev–Trinajstić information content (AvgIpc) is 2.35. The molecule has 5 nitrogen and oxygen atoms in total. The van der Waals surface area contributed by atoms with E-state index in [9.17, 15) is 21.0 Å². The second kappa shape index (κ2) is 4.92. The molecule has 0 spiro atoms. The maximum Gasteiger partial charge on any atom is 0.241 e. The smallest absolute Gasteiger partial charge is 0.241 e. The van der Waals surface area contributed by atoms with Gasteiger partial charge in [-0.3, -0.25) is 0 Å². The number of nitrogens with zero attached hydrogens (tertiary/aromatic N) is 4. The highest BCUT2D eigenvalue weighted by Crippen LogP contribution is 2.58. The van der Waals surface area contributed by atoms with Crippen LogP contribution in [0.1, 0.15) is 20.3 Å². The van der Waals surface area contributed by atoms with Crippen LogP contribution in [0.3, 0.4) is 0 Å². The summed E-state index contributed by atoms with van der Waals surface area (Å²) in [4.78, 5) is 0. The Bertz CT molecular complexity index is 616. The minimum absolute atomic E-state index is 0.0329. The molecule has 0 aromatic rings. The lowest BCUT2D eigenvalue weighted by molar-refractivity contribution is 0.113. The van der Waals surface area contributed by atoms with Crippen molar-refractivity contribution in [2.45, 2.75) is 39.9 Å². The molecule has 6 heteroatoms. The van der Waals surface area contributed by atoms with Crippen LogP contribution in [0.15, 0.2) is 11.8 Å². The molecule has 0 fully saturated rings. The molecular weight excluding hydrogens is 280 g/mol. The van der Waals surface area contributed by atoms with Crippen LogP contribution in [0.4, 0.5) is 0 Å². The lowest BCUT2D eigenvalue weighted by Gasteiger charge is -2.46. The molecule has 0 aromatic carbocycles. The van der Waals surface area contributed by atoms with Gasteiger partial charge in [0.25, 0.3) is 0 Å². The summed E-state index contributed by atoms with van der Waals surface area (Å²) < 4.78 is 5.93. The van der Waals surface area contributed by atoms with Crippen LogP contribution in [-0.2, 0) is 4.43 Å². The van der Waals surface area contributed by atoms with E-state index in [2.05, 4.69) is 0 Å². The summed E-state index contributed by atoms with van der Waals surface area (Å²) in [5, 5.41) is 38.2. The van der Waals surface area contributed by atoms with Gasteiger partial charge in [-0.2, -0.15) is 21.0 Å². The number of hydrogen-bond donors (Lipinski definition) is 0. The molecule has 21 heavy (non-hydrogen) atoms. The van der Waals surface area contributed by atoms with Crippen LogP contribution in [0.2, 0.25) is 19.6 Å². The fourth-order valence-corrected chi connectivity index (χ4v) is 3.66. The number of hydrogen-bond acceptors (Lipinski definition) is 5. The van der Waals surface area contributed by atoms with Crippen molar-refractivity contribution >= 4 is 8.32 Å². The molecule has 0 saturated carbocycles. The number of nitriles is 4. The molecule has 1 aliphatic carbocycles. The summed E-state index contributed by atoms with van der Waals surface area (Å²) >= 11 is 0. The average molecular weight is 298 g/mol. The van der Waals surface area contributed by atoms with E-state index in [0.717, 1.165) is 0 Å². The molecule has 0 aliphatic heterocycles. The predicted molar refractivity (Wildman–Crippen MR) is 78.2 cm³/mol. The second-order valence-corrected chi connectivity index (χ2v) is 11.3. The molecule has 0 aromatic heterocycles. The third-order valence-corrected chi connectivity index (χ3v) is 4.60. The van der Waals surface area contributed by atoms with Crippen molar-refractivity contribution < 1.29 is 4.43 Å². The summed E-state index contributed by atoms with van der Waals surface area (Å²) in [6, 6.07) is 7.72. The number of allylic oxidation sites excluding steroid dienone is 2. The fourth-order valence-electron chi connectivity index (χ4n) is 2.74. The van der Waals surface area contributed by atoms with Crippen molar-refractivity contribution in [2.24, 2.45) is 16.2 Å². The monoisotopic (exact) mass is 298 g/mol. The number of rotatable bonds is 2. The Balaban J connectivity index is 3.61. The van der Waals surface area contributed by atoms with Crippen LogP contribution in [0.25, 0.3) is 0 Å². The van der Waals surface area contributed by atoms with Crippen LogP contribution in [-0.4, -0.2) is 8.32 Å². The first-order chi connectivity index (χ1) is 9.53. The van der Waals surface area contributed by atoms with E-state index in [0.29, 0.717) is 5.76 Å². The van der Waals surface area contributed by atoms with Gasteiger partial charge in [0, 0.05) is 11.8 Å². The van der Waals surface area contributed by atoms with Gasteiger partial charge in [-0.15, -0.1) is 0 Å². The highest BCUT2D eigenvalue weighted by atomic mass is 28.4. The molecule has 1 aliphatic rings. The molecule has 0 atom stereocenters. The van der Waals surface area contributed by atoms with E-state index in [1.807, 2.05) is 43.9 Å². The van der Waals surface area contributed by atoms with Crippen LogP contribution in [0, 0.1) is 61.6 Å². The summed E-state index contributed by atoms with van der Waals surface area (Å²) in [7, 11) is -1.91. The van der Waals surface area contributed by atoms with Crippen LogP contribution >= 0.6 is 0 Å². The summed E-state index contributed by atoms with van der Waals surface area (Å²) in [6.07, 6.45) is 1.69. The Hall–Kier alpha value is -2.28. The van der Waals surface area contributed by atoms with Gasteiger partial charge in [0.1, 0.15) is 0 Å². The van der Waals surface area contributed by atoms with E-state index in [-0.39, 0.29) is 6.42 Å². The molecule has 0 unspecified atom stereocenters. The van der Waals surface area contributed by atoms with E-state index < -0.39 is 24.6 Å². The van der Waals surface area contributed by atoms with Crippen LogP contribution in [0.5, 0.6) is 0 Å². The quantitative estimate of drug-likeness (QED) is 0.728. The molecule has 1 rings (SSSR count). The molecule has 108 valence electrons. The van der Waals surface area contributed by atoms with Crippen molar-refractivity contribution in [2.75, 3.05) is 0 Å². The minimum Gasteiger partial charge on any atom is -0.547 e. The van der Waals surface area contributed by atoms with Crippen molar-refractivity contribution in [3.8, 4) is 24.3 Å². The van der Waals surface area contributed by atoms with E-state index in [1.165, 1.54) is 0 Å². The molecule has 0 bridgehead atoms. The van der Waals surface area contributed by atoms with Gasteiger partial charge in [-0.1, -0.05) is 13.8 Å². The third kappa shape index (κ3) is 2.40. The Kier molecular flexibility index (Phi) is 3.93. The molecule has 0 heterocycles. The largest absolute Gasteiger partial charge is 0.547 e. The Morgan fingerprint density at radius 2 is 1.48 bits per heavy atom. The van der Waals surface area contributed by atoms with E-state index in [1.54, 1.807) is 19.9 Å². The van der Waals surface area contributed by atoms with Gasteiger partial charge in [-0.25, -0.2) is 0 Å². The van der Waals surface area contributed by atoms with Gasteiger partial charge >= 0.3 is 0 Å². The summed E-state index contributed by atoms with van der Waals surface area (Å²) in [5.41, 5.74) is -4.42. The zero-order valence-corrected chi connectivity index (χ0v) is 14.0. The van der Waals surface area contributed by atoms with Crippen LogP contribution < -0.4 is 0 Å². The third-order valence-electron chi connectivity index (χ3n) is 3.72. The first-order valence-corrected chi connectivity index (χ1v) is 10.00. The fraction of sp³-hybridized carbons (Fsp3) is 0.600. The van der Waals surface area contributed by atoms with Gasteiger partial charge in [0.2, 0.25) is 8.32 Å². The van der Waals surface area contributed by atoms with Gasteiger partial charge in [-0.05, 0) is 25.7 Å². The standard InChI is InChI=1S/C15H18N4OSi/c1-13(2)6-12(20-21(3,4)5)7-14(8-16,9-17)15(13,10-18)11-19/h6H,7H2,1-5H3. The highest BCUT2D eigenvalue weighted by Gasteiger charge is 2.65. The second-order valence-electron chi connectivity index (χ2n) is 6.83. The summed E-state index contributed by atoms with van der Waals surface area (Å²) in [5.74, 6) is 0.531. The van der Waals surface area contributed by atoms with Gasteiger partial charge < -0.3 is 4.43 Å². The summed E-state index contributed by atoms with van der Waals surface area (Å²) in [6.45, 7) is 9.37. The van der Waals surface area contributed by atoms with Crippen molar-refractivity contribution in [1.82, 2.24) is 0 Å². The first kappa shape index (κ1) is 16.8. The maximum atomic E-state index is 9.56. The van der Waals surface area contributed by atoms with Crippen molar-refractivity contribution in [1.29, 1.82) is 21.0 Å². The molecule has 0 amide bonds. The molecular formula is C15H18N4OSi. The van der Waals surface area contributed by atoms with Crippen molar-refractivity contribution in [3.63, 3.8) is 0 Å². The minimum atomic E-state index is -1.91. The normalized spacial score (nSPS) is 21.7. The SMILES string of the molecule is CC1(C)C=C(O[Si](C)(C)C)CC(C#N)(C#N)C1(C#N)C#N. The zero-order chi connectivity index (χ0) is 16.5. The Morgan fingerprint density at radius 1 is 1.00 bits per heavy atom. The highest BCUT2D eigenvalue weighted by molar-refractivity contribution is 6.70. The Labute approximate surface area is 126 Å². The topological polar surface area (TPSA) is 104 Å². The lowest BCUT2D eigenvalue weighted by atomic mass is 9.50. The van der Waals surface area contributed by atoms with Crippen molar-refractivity contribution in [3.05, 3.63) is 11.8 Å². The van der Waals surface area contributed by atoms with Gasteiger partial charge in [0.15, 0.2) is 10.8 Å². The first-order valence-electron chi connectivity index (χ1n) is 6.59. The van der Waals surface area contributed by atoms with Gasteiger partial charge in [0.05, 0.1) is 30.0 Å². The molecule has 0 radical (unpaired) electrons. The van der Waals surface area contributed by atoms with E-state index >= 15 is 0 Å².